The number of nitrogens with one attached hydrogen (secondary N) is 1. The summed E-state index contributed by atoms with van der Waals surface area (Å²) in [7, 11) is -3.11. The van der Waals surface area contributed by atoms with E-state index in [1.807, 2.05) is 37.3 Å². The van der Waals surface area contributed by atoms with Crippen LogP contribution in [0.25, 0.3) is 0 Å². The Labute approximate surface area is 120 Å². The summed E-state index contributed by atoms with van der Waals surface area (Å²) in [5.41, 5.74) is 1.02. The van der Waals surface area contributed by atoms with Crippen molar-refractivity contribution in [1.29, 1.82) is 0 Å². The quantitative estimate of drug-likeness (QED) is 0.827. The number of hydrogen-bond acceptors (Lipinski definition) is 3. The van der Waals surface area contributed by atoms with Gasteiger partial charge in [-0.15, -0.1) is 0 Å². The van der Waals surface area contributed by atoms with Gasteiger partial charge in [0, 0.05) is 12.5 Å². The predicted octanol–water partition coefficient (Wildman–Crippen LogP) is 1.42. The SMILES string of the molecule is CC1CC1C(=O)NCCS(=O)(=O)CCc1ccccc1. The lowest BCUT2D eigenvalue weighted by atomic mass is 10.2. The fourth-order valence-corrected chi connectivity index (χ4v) is 3.33. The van der Waals surface area contributed by atoms with Crippen LogP contribution in [0.2, 0.25) is 0 Å². The first-order valence-corrected chi connectivity index (χ1v) is 8.82. The molecule has 20 heavy (non-hydrogen) atoms. The lowest BCUT2D eigenvalue weighted by molar-refractivity contribution is -0.122. The molecule has 5 heteroatoms. The highest BCUT2D eigenvalue weighted by molar-refractivity contribution is 7.91. The topological polar surface area (TPSA) is 63.2 Å². The molecule has 2 unspecified atom stereocenters. The second kappa shape index (κ2) is 6.39. The molecule has 1 aromatic rings. The van der Waals surface area contributed by atoms with Gasteiger partial charge in [0.25, 0.3) is 0 Å². The van der Waals surface area contributed by atoms with Crippen LogP contribution < -0.4 is 5.32 Å². The van der Waals surface area contributed by atoms with Gasteiger partial charge in [0.05, 0.1) is 11.5 Å². The molecule has 0 spiro atoms. The molecule has 1 aromatic carbocycles. The third-order valence-corrected chi connectivity index (χ3v) is 5.36. The summed E-state index contributed by atoms with van der Waals surface area (Å²) >= 11 is 0. The Hall–Kier alpha value is -1.36. The third kappa shape index (κ3) is 4.63. The van der Waals surface area contributed by atoms with Crippen molar-refractivity contribution in [2.75, 3.05) is 18.1 Å². The van der Waals surface area contributed by atoms with Crippen molar-refractivity contribution in [2.45, 2.75) is 19.8 Å². The van der Waals surface area contributed by atoms with Crippen LogP contribution in [-0.4, -0.2) is 32.4 Å². The van der Waals surface area contributed by atoms with Gasteiger partial charge in [0.15, 0.2) is 9.84 Å². The number of carbonyl (C=O) groups is 1. The number of rotatable bonds is 7. The molecule has 0 aliphatic heterocycles. The van der Waals surface area contributed by atoms with E-state index >= 15 is 0 Å². The van der Waals surface area contributed by atoms with E-state index in [4.69, 9.17) is 0 Å². The molecule has 1 N–H and O–H groups in total. The lowest BCUT2D eigenvalue weighted by Crippen LogP contribution is -2.31. The monoisotopic (exact) mass is 295 g/mol. The molecule has 1 aliphatic rings. The third-order valence-electron chi connectivity index (χ3n) is 3.70. The van der Waals surface area contributed by atoms with Crippen LogP contribution >= 0.6 is 0 Å². The first-order chi connectivity index (χ1) is 9.48. The van der Waals surface area contributed by atoms with Crippen molar-refractivity contribution in [3.05, 3.63) is 35.9 Å². The first kappa shape index (κ1) is 15.0. The Bertz CT molecular complexity index is 554. The number of benzene rings is 1. The Balaban J connectivity index is 1.70. The molecule has 1 fully saturated rings. The molecule has 0 saturated heterocycles. The Morgan fingerprint density at radius 3 is 2.50 bits per heavy atom. The predicted molar refractivity (Wildman–Crippen MR) is 79.1 cm³/mol. The van der Waals surface area contributed by atoms with Crippen molar-refractivity contribution in [2.24, 2.45) is 11.8 Å². The second-order valence-electron chi connectivity index (χ2n) is 5.50. The Morgan fingerprint density at radius 1 is 1.25 bits per heavy atom. The van der Waals surface area contributed by atoms with Crippen molar-refractivity contribution in [3.63, 3.8) is 0 Å². The minimum Gasteiger partial charge on any atom is -0.355 e. The number of amides is 1. The first-order valence-electron chi connectivity index (χ1n) is 7.00. The Kier molecular flexibility index (Phi) is 4.81. The molecule has 2 atom stereocenters. The van der Waals surface area contributed by atoms with E-state index in [1.54, 1.807) is 0 Å². The summed E-state index contributed by atoms with van der Waals surface area (Å²) in [5, 5.41) is 2.71. The fraction of sp³-hybridized carbons (Fsp3) is 0.533. The highest BCUT2D eigenvalue weighted by atomic mass is 32.2. The van der Waals surface area contributed by atoms with E-state index in [9.17, 15) is 13.2 Å². The highest BCUT2D eigenvalue weighted by Gasteiger charge is 2.38. The van der Waals surface area contributed by atoms with Gasteiger partial charge < -0.3 is 5.32 Å². The van der Waals surface area contributed by atoms with Gasteiger partial charge in [-0.05, 0) is 24.3 Å². The maximum Gasteiger partial charge on any atom is 0.223 e. The number of hydrogen-bond donors (Lipinski definition) is 1. The van der Waals surface area contributed by atoms with Crippen LogP contribution in [0.5, 0.6) is 0 Å². The van der Waals surface area contributed by atoms with Gasteiger partial charge in [0.1, 0.15) is 0 Å². The molecule has 0 radical (unpaired) electrons. The van der Waals surface area contributed by atoms with Crippen LogP contribution in [0.1, 0.15) is 18.9 Å². The molecule has 4 nitrogen and oxygen atoms in total. The molecule has 110 valence electrons. The van der Waals surface area contributed by atoms with E-state index in [2.05, 4.69) is 5.32 Å². The molecule has 0 heterocycles. The molecule has 0 aromatic heterocycles. The maximum atomic E-state index is 11.9. The normalized spacial score (nSPS) is 21.4. The van der Waals surface area contributed by atoms with Gasteiger partial charge >= 0.3 is 0 Å². The summed E-state index contributed by atoms with van der Waals surface area (Å²) in [6.07, 6.45) is 1.45. The molecule has 1 amide bonds. The van der Waals surface area contributed by atoms with Crippen LogP contribution in [0, 0.1) is 11.8 Å². The summed E-state index contributed by atoms with van der Waals surface area (Å²) in [5.74, 6) is 0.696. The molecule has 2 rings (SSSR count). The minimum absolute atomic E-state index is 0.00393. The van der Waals surface area contributed by atoms with Crippen molar-refractivity contribution >= 4 is 15.7 Å². The number of aryl methyl sites for hydroxylation is 1. The Morgan fingerprint density at radius 2 is 1.90 bits per heavy atom. The zero-order valence-electron chi connectivity index (χ0n) is 11.7. The molecule has 1 aliphatic carbocycles. The fourth-order valence-electron chi connectivity index (χ4n) is 2.17. The minimum atomic E-state index is -3.11. The summed E-state index contributed by atoms with van der Waals surface area (Å²) in [4.78, 5) is 11.6. The van der Waals surface area contributed by atoms with Gasteiger partial charge in [-0.1, -0.05) is 37.3 Å². The van der Waals surface area contributed by atoms with E-state index in [-0.39, 0.29) is 29.9 Å². The molecular formula is C15H21NO3S. The van der Waals surface area contributed by atoms with Crippen molar-refractivity contribution < 1.29 is 13.2 Å². The average molecular weight is 295 g/mol. The van der Waals surface area contributed by atoms with E-state index < -0.39 is 9.84 Å². The van der Waals surface area contributed by atoms with Gasteiger partial charge in [-0.2, -0.15) is 0 Å². The van der Waals surface area contributed by atoms with E-state index in [0.717, 1.165) is 12.0 Å². The largest absolute Gasteiger partial charge is 0.355 e. The zero-order valence-corrected chi connectivity index (χ0v) is 12.5. The van der Waals surface area contributed by atoms with Crippen LogP contribution in [0.3, 0.4) is 0 Å². The standard InChI is InChI=1S/C15H21NO3S/c1-12-11-14(12)15(17)16-8-10-20(18,19)9-7-13-5-3-2-4-6-13/h2-6,12,14H,7-11H2,1H3,(H,16,17). The van der Waals surface area contributed by atoms with Crippen LogP contribution in [0.4, 0.5) is 0 Å². The molecular weight excluding hydrogens is 274 g/mol. The summed E-state index contributed by atoms with van der Waals surface area (Å²) in [6, 6.07) is 9.56. The average Bonchev–Trinajstić information content (AvgIpc) is 3.15. The van der Waals surface area contributed by atoms with Gasteiger partial charge in [-0.3, -0.25) is 4.79 Å². The number of carbonyl (C=O) groups excluding carboxylic acids is 1. The smallest absolute Gasteiger partial charge is 0.223 e. The lowest BCUT2D eigenvalue weighted by Gasteiger charge is -2.06. The van der Waals surface area contributed by atoms with Gasteiger partial charge in [-0.25, -0.2) is 8.42 Å². The maximum absolute atomic E-state index is 11.9. The molecule has 1 saturated carbocycles. The second-order valence-corrected chi connectivity index (χ2v) is 7.80. The van der Waals surface area contributed by atoms with Gasteiger partial charge in [0.2, 0.25) is 5.91 Å². The highest BCUT2D eigenvalue weighted by Crippen LogP contribution is 2.37. The van der Waals surface area contributed by atoms with Crippen LogP contribution in [0.15, 0.2) is 30.3 Å². The molecule has 0 bridgehead atoms. The van der Waals surface area contributed by atoms with E-state index in [1.165, 1.54) is 0 Å². The zero-order chi connectivity index (χ0) is 14.6. The summed E-state index contributed by atoms with van der Waals surface area (Å²) < 4.78 is 23.8. The van der Waals surface area contributed by atoms with Crippen molar-refractivity contribution in [3.8, 4) is 0 Å². The van der Waals surface area contributed by atoms with Crippen molar-refractivity contribution in [1.82, 2.24) is 5.32 Å². The summed E-state index contributed by atoms with van der Waals surface area (Å²) in [6.45, 7) is 2.25. The van der Waals surface area contributed by atoms with Crippen LogP contribution in [-0.2, 0) is 21.1 Å². The number of sulfone groups is 1. The van der Waals surface area contributed by atoms with E-state index in [0.29, 0.717) is 12.3 Å².